The smallest absolute Gasteiger partial charge is 0.238 e. The van der Waals surface area contributed by atoms with E-state index in [2.05, 4.69) is 38.1 Å². The largest absolute Gasteiger partial charge is 0.325 e. The van der Waals surface area contributed by atoms with E-state index in [-0.39, 0.29) is 5.91 Å². The van der Waals surface area contributed by atoms with Gasteiger partial charge in [-0.1, -0.05) is 6.07 Å². The lowest BCUT2D eigenvalue weighted by atomic mass is 10.2. The molecule has 1 aromatic carbocycles. The Morgan fingerprint density at radius 2 is 2.44 bits per heavy atom. The molecule has 2 N–H and O–H groups in total. The summed E-state index contributed by atoms with van der Waals surface area (Å²) in [5, 5.41) is 6.24. The maximum Gasteiger partial charge on any atom is 0.238 e. The van der Waals surface area contributed by atoms with Crippen LogP contribution in [0.5, 0.6) is 0 Å². The molecular formula is C13H18IN3O. The lowest BCUT2D eigenvalue weighted by Crippen LogP contribution is -2.39. The summed E-state index contributed by atoms with van der Waals surface area (Å²) in [6.45, 7) is 2.47. The van der Waals surface area contributed by atoms with E-state index < -0.39 is 0 Å². The number of nitrogens with one attached hydrogen (secondary N) is 2. The van der Waals surface area contributed by atoms with Crippen molar-refractivity contribution in [3.05, 3.63) is 27.8 Å². The third-order valence-electron chi connectivity index (χ3n) is 3.16. The van der Waals surface area contributed by atoms with E-state index in [0.29, 0.717) is 12.6 Å². The molecule has 1 fully saturated rings. The lowest BCUT2D eigenvalue weighted by Gasteiger charge is -2.22. The number of likely N-dealkylation sites (N-methyl/N-ethyl adjacent to an activating group) is 1. The SMILES string of the molecule is CN(CC(=O)Nc1cccc(I)c1)C1CCNC1. The van der Waals surface area contributed by atoms with E-state index in [1.807, 2.05) is 31.3 Å². The first kappa shape index (κ1) is 13.8. The van der Waals surface area contributed by atoms with Crippen molar-refractivity contribution < 1.29 is 4.79 Å². The summed E-state index contributed by atoms with van der Waals surface area (Å²) in [5.74, 6) is 0.0476. The highest BCUT2D eigenvalue weighted by Crippen LogP contribution is 2.12. The molecule has 4 nitrogen and oxygen atoms in total. The Labute approximate surface area is 121 Å². The van der Waals surface area contributed by atoms with Crippen LogP contribution in [0.15, 0.2) is 24.3 Å². The number of benzene rings is 1. The highest BCUT2D eigenvalue weighted by atomic mass is 127. The maximum atomic E-state index is 11.9. The van der Waals surface area contributed by atoms with Gasteiger partial charge in [0.1, 0.15) is 0 Å². The summed E-state index contributed by atoms with van der Waals surface area (Å²) in [7, 11) is 2.01. The zero-order valence-corrected chi connectivity index (χ0v) is 12.6. The van der Waals surface area contributed by atoms with E-state index in [4.69, 9.17) is 0 Å². The molecule has 0 bridgehead atoms. The number of hydrogen-bond acceptors (Lipinski definition) is 3. The lowest BCUT2D eigenvalue weighted by molar-refractivity contribution is -0.117. The molecule has 98 valence electrons. The number of hydrogen-bond donors (Lipinski definition) is 2. The number of amides is 1. The van der Waals surface area contributed by atoms with Crippen LogP contribution in [0.25, 0.3) is 0 Å². The second-order valence-electron chi connectivity index (χ2n) is 4.62. The predicted molar refractivity (Wildman–Crippen MR) is 81.7 cm³/mol. The molecule has 1 aliphatic heterocycles. The third-order valence-corrected chi connectivity index (χ3v) is 3.83. The molecule has 1 unspecified atom stereocenters. The van der Waals surface area contributed by atoms with Crippen molar-refractivity contribution in [1.29, 1.82) is 0 Å². The van der Waals surface area contributed by atoms with Crippen molar-refractivity contribution in [3.63, 3.8) is 0 Å². The summed E-state index contributed by atoms with van der Waals surface area (Å²) in [5.41, 5.74) is 0.866. The zero-order chi connectivity index (χ0) is 13.0. The molecule has 2 rings (SSSR count). The normalized spacial score (nSPS) is 19.2. The first-order valence-corrected chi connectivity index (χ1v) is 7.19. The molecule has 0 aromatic heterocycles. The fourth-order valence-corrected chi connectivity index (χ4v) is 2.68. The number of rotatable bonds is 4. The maximum absolute atomic E-state index is 11.9. The minimum absolute atomic E-state index is 0.0476. The van der Waals surface area contributed by atoms with Crippen molar-refractivity contribution in [2.24, 2.45) is 0 Å². The second-order valence-corrected chi connectivity index (χ2v) is 5.87. The molecule has 5 heteroatoms. The van der Waals surface area contributed by atoms with Crippen LogP contribution in [-0.2, 0) is 4.79 Å². The van der Waals surface area contributed by atoms with Gasteiger partial charge < -0.3 is 10.6 Å². The first-order chi connectivity index (χ1) is 8.65. The highest BCUT2D eigenvalue weighted by molar-refractivity contribution is 14.1. The van der Waals surface area contributed by atoms with Gasteiger partial charge in [-0.15, -0.1) is 0 Å². The Bertz CT molecular complexity index is 418. The van der Waals surface area contributed by atoms with Crippen molar-refractivity contribution >= 4 is 34.2 Å². The van der Waals surface area contributed by atoms with E-state index in [1.54, 1.807) is 0 Å². The number of nitrogens with zero attached hydrogens (tertiary/aromatic N) is 1. The first-order valence-electron chi connectivity index (χ1n) is 6.11. The summed E-state index contributed by atoms with van der Waals surface area (Å²) in [6, 6.07) is 8.31. The predicted octanol–water partition coefficient (Wildman–Crippen LogP) is 1.52. The van der Waals surface area contributed by atoms with Gasteiger partial charge in [-0.2, -0.15) is 0 Å². The minimum Gasteiger partial charge on any atom is -0.325 e. The van der Waals surface area contributed by atoms with Crippen LogP contribution in [-0.4, -0.2) is 43.5 Å². The van der Waals surface area contributed by atoms with E-state index >= 15 is 0 Å². The van der Waals surface area contributed by atoms with Gasteiger partial charge in [0, 0.05) is 21.8 Å². The quantitative estimate of drug-likeness (QED) is 0.802. The van der Waals surface area contributed by atoms with Crippen molar-refractivity contribution in [1.82, 2.24) is 10.2 Å². The van der Waals surface area contributed by atoms with Gasteiger partial charge in [-0.3, -0.25) is 9.69 Å². The Kier molecular flexibility index (Phi) is 4.96. The zero-order valence-electron chi connectivity index (χ0n) is 10.4. The van der Waals surface area contributed by atoms with Gasteiger partial charge in [0.05, 0.1) is 6.54 Å². The second kappa shape index (κ2) is 6.49. The Balaban J connectivity index is 1.84. The van der Waals surface area contributed by atoms with E-state index in [1.165, 1.54) is 0 Å². The molecule has 1 heterocycles. The molecule has 1 amide bonds. The Morgan fingerprint density at radius 1 is 1.61 bits per heavy atom. The summed E-state index contributed by atoms with van der Waals surface area (Å²) in [4.78, 5) is 14.0. The van der Waals surface area contributed by atoms with Gasteiger partial charge in [0.15, 0.2) is 0 Å². The van der Waals surface area contributed by atoms with E-state index in [9.17, 15) is 4.79 Å². The number of carbonyl (C=O) groups is 1. The highest BCUT2D eigenvalue weighted by Gasteiger charge is 2.20. The molecule has 1 aliphatic rings. The fourth-order valence-electron chi connectivity index (χ4n) is 2.14. The van der Waals surface area contributed by atoms with Gasteiger partial charge in [0.2, 0.25) is 5.91 Å². The fraction of sp³-hybridized carbons (Fsp3) is 0.462. The Hall–Kier alpha value is -0.660. The van der Waals surface area contributed by atoms with Crippen molar-refractivity contribution in [3.8, 4) is 0 Å². The average molecular weight is 359 g/mol. The van der Waals surface area contributed by atoms with Crippen LogP contribution in [0.2, 0.25) is 0 Å². The summed E-state index contributed by atoms with van der Waals surface area (Å²) in [6.07, 6.45) is 1.12. The molecule has 1 aromatic rings. The van der Waals surface area contributed by atoms with Crippen LogP contribution in [0.4, 0.5) is 5.69 Å². The van der Waals surface area contributed by atoms with Crippen LogP contribution >= 0.6 is 22.6 Å². The van der Waals surface area contributed by atoms with Gasteiger partial charge in [-0.25, -0.2) is 0 Å². The minimum atomic E-state index is 0.0476. The number of anilines is 1. The molecular weight excluding hydrogens is 341 g/mol. The van der Waals surface area contributed by atoms with Gasteiger partial charge in [0.25, 0.3) is 0 Å². The van der Waals surface area contributed by atoms with Crippen LogP contribution < -0.4 is 10.6 Å². The standard InChI is InChI=1S/C13H18IN3O/c1-17(12-5-6-15-8-12)9-13(18)16-11-4-2-3-10(14)7-11/h2-4,7,12,15H,5-6,8-9H2,1H3,(H,16,18). The Morgan fingerprint density at radius 3 is 3.11 bits per heavy atom. The van der Waals surface area contributed by atoms with Gasteiger partial charge in [-0.05, 0) is 60.8 Å². The van der Waals surface area contributed by atoms with Crippen LogP contribution in [0, 0.1) is 3.57 Å². The molecule has 0 radical (unpaired) electrons. The summed E-state index contributed by atoms with van der Waals surface area (Å²) < 4.78 is 1.12. The third kappa shape index (κ3) is 3.93. The molecule has 0 saturated carbocycles. The van der Waals surface area contributed by atoms with Gasteiger partial charge >= 0.3 is 0 Å². The molecule has 1 atom stereocenters. The average Bonchev–Trinajstić information content (AvgIpc) is 2.81. The monoisotopic (exact) mass is 359 g/mol. The molecule has 0 spiro atoms. The van der Waals surface area contributed by atoms with Crippen LogP contribution in [0.3, 0.4) is 0 Å². The number of halogens is 1. The summed E-state index contributed by atoms with van der Waals surface area (Å²) >= 11 is 2.24. The molecule has 1 saturated heterocycles. The number of carbonyl (C=O) groups excluding carboxylic acids is 1. The van der Waals surface area contributed by atoms with Crippen molar-refractivity contribution in [2.75, 3.05) is 32.0 Å². The van der Waals surface area contributed by atoms with Crippen molar-refractivity contribution in [2.45, 2.75) is 12.5 Å². The topological polar surface area (TPSA) is 44.4 Å². The molecule has 0 aliphatic carbocycles. The van der Waals surface area contributed by atoms with E-state index in [0.717, 1.165) is 28.8 Å². The molecule has 18 heavy (non-hydrogen) atoms. The van der Waals surface area contributed by atoms with Crippen LogP contribution in [0.1, 0.15) is 6.42 Å².